The fraction of sp³-hybridized carbons (Fsp3) is 0.435. The average Bonchev–Trinajstić information content (AvgIpc) is 3.26. The number of rotatable bonds is 4. The number of nitrogens with zero attached hydrogens (tertiary/aromatic N) is 3. The lowest BCUT2D eigenvalue weighted by atomic mass is 9.81. The molecule has 1 amide bonds. The van der Waals surface area contributed by atoms with Crippen LogP contribution in [0.1, 0.15) is 22.6 Å². The second-order valence-electron chi connectivity index (χ2n) is 8.31. The molecule has 0 bridgehead atoms. The Labute approximate surface area is 217 Å². The fourth-order valence-corrected chi connectivity index (χ4v) is 3.56. The van der Waals surface area contributed by atoms with E-state index in [2.05, 4.69) is 9.97 Å². The zero-order valence-corrected chi connectivity index (χ0v) is 20.2. The molecule has 2 aromatic rings. The summed E-state index contributed by atoms with van der Waals surface area (Å²) in [6, 6.07) is 11.1. The Kier molecular flexibility index (Phi) is 10.2. The van der Waals surface area contributed by atoms with Crippen molar-refractivity contribution in [3.8, 4) is 5.88 Å². The molecule has 4 rings (SSSR count). The minimum atomic E-state index is -5.08. The SMILES string of the molecule is Cc1cccc(C(=O)N2CC3(C2)OCCC3COc2ccccn2)n1.O=C(O)C(F)(F)F.O=C(O)C(F)(F)F. The standard InChI is InChI=1S/C19H21N3O3.2C2HF3O2/c1-14-5-4-6-16(21-14)18(23)22-12-19(13-22)15(8-10-25-19)11-24-17-7-2-3-9-20-17;2*3-2(4,5)1(6)7/h2-7,9,15H,8,10-13H2,1H3;2*(H,6,7). The highest BCUT2D eigenvalue weighted by Gasteiger charge is 2.55. The number of amides is 1. The molecule has 0 aromatic carbocycles. The number of carbonyl (C=O) groups excluding carboxylic acids is 1. The second-order valence-corrected chi connectivity index (χ2v) is 8.31. The first-order chi connectivity index (χ1) is 18.0. The van der Waals surface area contributed by atoms with Crippen LogP contribution in [0.3, 0.4) is 0 Å². The summed E-state index contributed by atoms with van der Waals surface area (Å²) in [5, 5.41) is 14.2. The third kappa shape index (κ3) is 9.08. The third-order valence-electron chi connectivity index (χ3n) is 5.47. The molecule has 4 heterocycles. The van der Waals surface area contributed by atoms with Gasteiger partial charge >= 0.3 is 24.3 Å². The molecule has 2 fully saturated rings. The molecule has 2 aliphatic heterocycles. The Morgan fingerprint density at radius 2 is 1.62 bits per heavy atom. The maximum absolute atomic E-state index is 12.6. The lowest BCUT2D eigenvalue weighted by Crippen LogP contribution is -2.66. The number of alkyl halides is 6. The van der Waals surface area contributed by atoms with Crippen LogP contribution in [0, 0.1) is 12.8 Å². The van der Waals surface area contributed by atoms with Gasteiger partial charge in [-0.3, -0.25) is 4.79 Å². The van der Waals surface area contributed by atoms with Crippen LogP contribution in [0.15, 0.2) is 42.6 Å². The quantitative estimate of drug-likeness (QED) is 0.533. The van der Waals surface area contributed by atoms with E-state index in [1.807, 2.05) is 37.3 Å². The van der Waals surface area contributed by atoms with Crippen molar-refractivity contribution in [1.29, 1.82) is 0 Å². The number of halogens is 6. The largest absolute Gasteiger partial charge is 0.490 e. The van der Waals surface area contributed by atoms with Crippen molar-refractivity contribution in [3.63, 3.8) is 0 Å². The van der Waals surface area contributed by atoms with Crippen molar-refractivity contribution in [2.75, 3.05) is 26.3 Å². The Morgan fingerprint density at radius 1 is 1.03 bits per heavy atom. The highest BCUT2D eigenvalue weighted by Crippen LogP contribution is 2.40. The number of aryl methyl sites for hydroxylation is 1. The summed E-state index contributed by atoms with van der Waals surface area (Å²) in [5.74, 6) is -4.65. The first-order valence-electron chi connectivity index (χ1n) is 11.1. The van der Waals surface area contributed by atoms with Crippen LogP contribution in [-0.4, -0.2) is 87.2 Å². The Bertz CT molecular complexity index is 1120. The van der Waals surface area contributed by atoms with Gasteiger partial charge in [0.2, 0.25) is 5.88 Å². The maximum atomic E-state index is 12.6. The van der Waals surface area contributed by atoms with E-state index in [1.165, 1.54) is 0 Å². The summed E-state index contributed by atoms with van der Waals surface area (Å²) in [6.45, 7) is 4.34. The molecule has 2 aliphatic rings. The molecule has 214 valence electrons. The van der Waals surface area contributed by atoms with Crippen LogP contribution in [0.2, 0.25) is 0 Å². The number of likely N-dealkylation sites (tertiary alicyclic amines) is 1. The first kappa shape index (κ1) is 31.3. The van der Waals surface area contributed by atoms with Crippen molar-refractivity contribution in [2.45, 2.75) is 31.3 Å². The predicted molar refractivity (Wildman–Crippen MR) is 119 cm³/mol. The van der Waals surface area contributed by atoms with Gasteiger partial charge in [0.25, 0.3) is 5.91 Å². The number of aromatic nitrogens is 2. The monoisotopic (exact) mass is 567 g/mol. The van der Waals surface area contributed by atoms with E-state index >= 15 is 0 Å². The van der Waals surface area contributed by atoms with Gasteiger partial charge in [-0.05, 0) is 31.5 Å². The van der Waals surface area contributed by atoms with E-state index in [0.717, 1.165) is 12.1 Å². The van der Waals surface area contributed by atoms with Gasteiger partial charge in [-0.15, -0.1) is 0 Å². The van der Waals surface area contributed by atoms with Crippen LogP contribution in [-0.2, 0) is 14.3 Å². The summed E-state index contributed by atoms with van der Waals surface area (Å²) in [6.07, 6.45) is -7.51. The molecule has 16 heteroatoms. The topological polar surface area (TPSA) is 139 Å². The highest BCUT2D eigenvalue weighted by molar-refractivity contribution is 5.93. The van der Waals surface area contributed by atoms with E-state index in [4.69, 9.17) is 29.3 Å². The van der Waals surface area contributed by atoms with Gasteiger partial charge in [0.05, 0.1) is 19.7 Å². The number of aliphatic carboxylic acids is 2. The molecule has 10 nitrogen and oxygen atoms in total. The normalized spacial score (nSPS) is 17.6. The fourth-order valence-electron chi connectivity index (χ4n) is 3.56. The van der Waals surface area contributed by atoms with E-state index in [1.54, 1.807) is 17.2 Å². The van der Waals surface area contributed by atoms with Crippen LogP contribution < -0.4 is 4.74 Å². The van der Waals surface area contributed by atoms with Crippen molar-refractivity contribution >= 4 is 17.8 Å². The molecule has 2 N–H and O–H groups in total. The zero-order chi connectivity index (χ0) is 29.4. The summed E-state index contributed by atoms with van der Waals surface area (Å²) >= 11 is 0. The molecule has 1 atom stereocenters. The van der Waals surface area contributed by atoms with Gasteiger partial charge < -0.3 is 24.6 Å². The Hall–Kier alpha value is -3.95. The molecular formula is C23H23F6N3O7. The molecule has 0 radical (unpaired) electrons. The third-order valence-corrected chi connectivity index (χ3v) is 5.47. The van der Waals surface area contributed by atoms with Crippen molar-refractivity contribution in [1.82, 2.24) is 14.9 Å². The van der Waals surface area contributed by atoms with Gasteiger partial charge in [0.15, 0.2) is 0 Å². The molecule has 2 aromatic heterocycles. The number of hydrogen-bond donors (Lipinski definition) is 2. The van der Waals surface area contributed by atoms with Gasteiger partial charge in [-0.1, -0.05) is 12.1 Å². The smallest absolute Gasteiger partial charge is 0.477 e. The number of carboxylic acids is 2. The Balaban J connectivity index is 0.000000317. The van der Waals surface area contributed by atoms with E-state index < -0.39 is 24.3 Å². The average molecular weight is 567 g/mol. The summed E-state index contributed by atoms with van der Waals surface area (Å²) < 4.78 is 75.3. The van der Waals surface area contributed by atoms with Crippen molar-refractivity contribution in [3.05, 3.63) is 54.0 Å². The van der Waals surface area contributed by atoms with Crippen LogP contribution in [0.25, 0.3) is 0 Å². The minimum Gasteiger partial charge on any atom is -0.477 e. The molecule has 1 unspecified atom stereocenters. The van der Waals surface area contributed by atoms with Crippen molar-refractivity contribution < 1.29 is 60.4 Å². The molecule has 2 saturated heterocycles. The number of ether oxygens (including phenoxy) is 2. The molecule has 39 heavy (non-hydrogen) atoms. The van der Waals surface area contributed by atoms with Gasteiger partial charge in [-0.2, -0.15) is 26.3 Å². The zero-order valence-electron chi connectivity index (χ0n) is 20.2. The Morgan fingerprint density at radius 3 is 2.10 bits per heavy atom. The summed E-state index contributed by atoms with van der Waals surface area (Å²) in [4.78, 5) is 40.7. The minimum absolute atomic E-state index is 0.0331. The molecule has 1 spiro atoms. The summed E-state index contributed by atoms with van der Waals surface area (Å²) in [5.41, 5.74) is 1.06. The summed E-state index contributed by atoms with van der Waals surface area (Å²) in [7, 11) is 0. The van der Waals surface area contributed by atoms with Gasteiger partial charge in [0, 0.05) is 30.5 Å². The molecular weight excluding hydrogens is 544 g/mol. The molecule has 0 aliphatic carbocycles. The predicted octanol–water partition coefficient (Wildman–Crippen LogP) is 3.36. The highest BCUT2D eigenvalue weighted by atomic mass is 19.4. The lowest BCUT2D eigenvalue weighted by Gasteiger charge is -2.49. The first-order valence-corrected chi connectivity index (χ1v) is 11.1. The van der Waals surface area contributed by atoms with E-state index in [9.17, 15) is 31.1 Å². The van der Waals surface area contributed by atoms with E-state index in [-0.39, 0.29) is 17.4 Å². The number of hydrogen-bond acceptors (Lipinski definition) is 7. The number of carboxylic acid groups (broad SMARTS) is 2. The van der Waals surface area contributed by atoms with Gasteiger partial charge in [-0.25, -0.2) is 19.6 Å². The van der Waals surface area contributed by atoms with Crippen LogP contribution in [0.5, 0.6) is 5.88 Å². The van der Waals surface area contributed by atoms with Crippen molar-refractivity contribution in [2.24, 2.45) is 5.92 Å². The van der Waals surface area contributed by atoms with Crippen LogP contribution in [0.4, 0.5) is 26.3 Å². The second kappa shape index (κ2) is 12.7. The number of pyridine rings is 2. The number of carbonyl (C=O) groups is 3. The van der Waals surface area contributed by atoms with Crippen LogP contribution >= 0.6 is 0 Å². The van der Waals surface area contributed by atoms with E-state index in [0.29, 0.717) is 37.9 Å². The molecule has 0 saturated carbocycles. The lowest BCUT2D eigenvalue weighted by molar-refractivity contribution is -0.193. The van der Waals surface area contributed by atoms with Gasteiger partial charge in [0.1, 0.15) is 11.3 Å². The maximum Gasteiger partial charge on any atom is 0.490 e.